The molecule has 242 valence electrons. The summed E-state index contributed by atoms with van der Waals surface area (Å²) in [7, 11) is 0. The molecule has 2 amide bonds. The van der Waals surface area contributed by atoms with Crippen LogP contribution in [0.4, 0.5) is 11.4 Å². The molecule has 0 saturated carbocycles. The molecule has 45 heavy (non-hydrogen) atoms. The Morgan fingerprint density at radius 2 is 1.76 bits per heavy atom. The molecule has 7 atom stereocenters. The zero-order chi connectivity index (χ0) is 32.5. The lowest BCUT2D eigenvalue weighted by Gasteiger charge is -2.39. The summed E-state index contributed by atoms with van der Waals surface area (Å²) in [6, 6.07) is 15.6. The lowest BCUT2D eigenvalue weighted by molar-refractivity contribution is -0.162. The van der Waals surface area contributed by atoms with Crippen molar-refractivity contribution in [3.63, 3.8) is 0 Å². The largest absolute Gasteiger partial charge is 0.466 e. The standard InChI is InChI=1S/C36H47N3O6/c1-7-20-38(27-18-16-26(17-19-27)37(8-2)9-3)33(42)31-36-22-24(5)35(6,45-36)30(34(43)44-10-4)29(36)32(41)39(31)28(23-40)21-25-14-12-11-13-15-25/h7,11-19,24,28-31,40H,1,8-10,20-23H2,2-6H3/t24?,28-,29+,30-,31?,35+,36?/m1/s1. The highest BCUT2D eigenvalue weighted by atomic mass is 16.6. The van der Waals surface area contributed by atoms with Gasteiger partial charge in [-0.1, -0.05) is 43.3 Å². The SMILES string of the molecule is C=CCN(C(=O)C1N([C@@H](CO)Cc2ccccc2)C(=O)[C@@H]2[C@H](C(=O)OCC)[C@@]3(C)OC12CC3C)c1ccc(N(CC)CC)cc1. The van der Waals surface area contributed by atoms with E-state index in [1.54, 1.807) is 17.9 Å². The van der Waals surface area contributed by atoms with Gasteiger partial charge in [0.25, 0.3) is 5.91 Å². The zero-order valence-corrected chi connectivity index (χ0v) is 27.1. The Kier molecular flexibility index (Phi) is 9.42. The van der Waals surface area contributed by atoms with Crippen molar-refractivity contribution in [1.29, 1.82) is 0 Å². The zero-order valence-electron chi connectivity index (χ0n) is 27.1. The first-order valence-electron chi connectivity index (χ1n) is 16.2. The summed E-state index contributed by atoms with van der Waals surface area (Å²) < 4.78 is 12.4. The first kappa shape index (κ1) is 32.7. The van der Waals surface area contributed by atoms with E-state index in [0.29, 0.717) is 18.5 Å². The fraction of sp³-hybridized carbons (Fsp3) is 0.528. The van der Waals surface area contributed by atoms with Crippen LogP contribution in [0.15, 0.2) is 67.3 Å². The number of likely N-dealkylation sites (tertiary alicyclic amines) is 1. The molecule has 2 aromatic rings. The number of rotatable bonds is 13. The highest BCUT2D eigenvalue weighted by molar-refractivity contribution is 6.05. The summed E-state index contributed by atoms with van der Waals surface area (Å²) in [5.74, 6) is -3.06. The number of aliphatic hydroxyl groups excluding tert-OH is 1. The average molecular weight is 618 g/mol. The van der Waals surface area contributed by atoms with E-state index in [1.807, 2.05) is 68.4 Å². The van der Waals surface area contributed by atoms with Crippen molar-refractivity contribution in [2.75, 3.05) is 42.6 Å². The van der Waals surface area contributed by atoms with Gasteiger partial charge in [0.2, 0.25) is 5.91 Å². The topological polar surface area (TPSA) is 99.6 Å². The number of anilines is 2. The molecule has 2 bridgehead atoms. The number of carbonyl (C=O) groups excluding carboxylic acids is 3. The highest BCUT2D eigenvalue weighted by Crippen LogP contribution is 2.65. The second-order valence-corrected chi connectivity index (χ2v) is 12.7. The molecule has 9 heteroatoms. The Morgan fingerprint density at radius 3 is 2.33 bits per heavy atom. The summed E-state index contributed by atoms with van der Waals surface area (Å²) in [6.07, 6.45) is 2.43. The third-order valence-corrected chi connectivity index (χ3v) is 10.3. The number of benzene rings is 2. The lowest BCUT2D eigenvalue weighted by Crippen LogP contribution is -2.59. The van der Waals surface area contributed by atoms with Gasteiger partial charge in [-0.05, 0) is 76.3 Å². The van der Waals surface area contributed by atoms with Gasteiger partial charge in [-0.3, -0.25) is 14.4 Å². The molecule has 0 aromatic heterocycles. The molecular weight excluding hydrogens is 570 g/mol. The van der Waals surface area contributed by atoms with E-state index in [2.05, 4.69) is 25.3 Å². The van der Waals surface area contributed by atoms with Gasteiger partial charge in [0.15, 0.2) is 0 Å². The third-order valence-electron chi connectivity index (χ3n) is 10.3. The van der Waals surface area contributed by atoms with Gasteiger partial charge in [-0.25, -0.2) is 0 Å². The molecule has 3 heterocycles. The number of fused-ring (bicyclic) bond motifs is 1. The molecular formula is C36H47N3O6. The molecule has 3 fully saturated rings. The summed E-state index contributed by atoms with van der Waals surface area (Å²) in [4.78, 5) is 48.6. The molecule has 1 spiro atoms. The number of nitrogens with zero attached hydrogens (tertiary/aromatic N) is 3. The lowest BCUT2D eigenvalue weighted by atomic mass is 9.62. The Morgan fingerprint density at radius 1 is 1.11 bits per heavy atom. The quantitative estimate of drug-likeness (QED) is 0.265. The van der Waals surface area contributed by atoms with Crippen LogP contribution in [0, 0.1) is 17.8 Å². The maximum absolute atomic E-state index is 15.0. The number of amides is 2. The molecule has 9 nitrogen and oxygen atoms in total. The van der Waals surface area contributed by atoms with Crippen molar-refractivity contribution in [1.82, 2.24) is 4.90 Å². The Bertz CT molecular complexity index is 1400. The number of ether oxygens (including phenoxy) is 2. The van der Waals surface area contributed by atoms with Crippen LogP contribution in [0.3, 0.4) is 0 Å². The van der Waals surface area contributed by atoms with Crippen LogP contribution in [0.5, 0.6) is 0 Å². The van der Waals surface area contributed by atoms with Crippen LogP contribution in [0.25, 0.3) is 0 Å². The first-order chi connectivity index (χ1) is 21.6. The molecule has 0 aliphatic carbocycles. The van der Waals surface area contributed by atoms with Crippen LogP contribution in [-0.2, 0) is 30.3 Å². The molecule has 3 saturated heterocycles. The second kappa shape index (κ2) is 13.0. The highest BCUT2D eigenvalue weighted by Gasteiger charge is 2.80. The fourth-order valence-corrected chi connectivity index (χ4v) is 8.11. The van der Waals surface area contributed by atoms with Gasteiger partial charge in [-0.15, -0.1) is 6.58 Å². The number of carbonyl (C=O) groups is 3. The minimum absolute atomic E-state index is 0.117. The van der Waals surface area contributed by atoms with Gasteiger partial charge < -0.3 is 29.3 Å². The van der Waals surface area contributed by atoms with Crippen molar-refractivity contribution in [2.24, 2.45) is 17.8 Å². The molecule has 5 rings (SSSR count). The number of esters is 1. The maximum atomic E-state index is 15.0. The molecule has 3 aliphatic rings. The van der Waals surface area contributed by atoms with Crippen molar-refractivity contribution < 1.29 is 29.0 Å². The predicted molar refractivity (Wildman–Crippen MR) is 174 cm³/mol. The van der Waals surface area contributed by atoms with Crippen molar-refractivity contribution in [2.45, 2.75) is 70.7 Å². The Hall–Kier alpha value is -3.69. The predicted octanol–water partition coefficient (Wildman–Crippen LogP) is 4.23. The van der Waals surface area contributed by atoms with E-state index in [4.69, 9.17) is 9.47 Å². The van der Waals surface area contributed by atoms with Gasteiger partial charge in [0, 0.05) is 31.0 Å². The van der Waals surface area contributed by atoms with Gasteiger partial charge in [0.05, 0.1) is 30.8 Å². The van der Waals surface area contributed by atoms with Gasteiger partial charge >= 0.3 is 5.97 Å². The van der Waals surface area contributed by atoms with Crippen molar-refractivity contribution in [3.8, 4) is 0 Å². The number of hydrogen-bond acceptors (Lipinski definition) is 7. The minimum Gasteiger partial charge on any atom is -0.466 e. The normalized spacial score (nSPS) is 28.9. The average Bonchev–Trinajstić information content (AvgIpc) is 3.56. The first-order valence-corrected chi connectivity index (χ1v) is 16.2. The smallest absolute Gasteiger partial charge is 0.312 e. The van der Waals surface area contributed by atoms with Crippen LogP contribution in [0.2, 0.25) is 0 Å². The Labute approximate surface area is 266 Å². The molecule has 2 aromatic carbocycles. The van der Waals surface area contributed by atoms with E-state index in [-0.39, 0.29) is 37.5 Å². The summed E-state index contributed by atoms with van der Waals surface area (Å²) in [6.45, 7) is 15.5. The fourth-order valence-electron chi connectivity index (χ4n) is 8.11. The number of hydrogen-bond donors (Lipinski definition) is 1. The second-order valence-electron chi connectivity index (χ2n) is 12.7. The minimum atomic E-state index is -1.26. The monoisotopic (exact) mass is 617 g/mol. The van der Waals surface area contributed by atoms with Crippen LogP contribution < -0.4 is 9.80 Å². The van der Waals surface area contributed by atoms with Crippen molar-refractivity contribution >= 4 is 29.2 Å². The van der Waals surface area contributed by atoms with E-state index in [9.17, 15) is 14.7 Å². The number of aliphatic hydroxyl groups is 1. The molecule has 3 unspecified atom stereocenters. The summed E-state index contributed by atoms with van der Waals surface area (Å²) in [5.41, 5.74) is 0.406. The van der Waals surface area contributed by atoms with E-state index >= 15 is 4.79 Å². The van der Waals surface area contributed by atoms with Crippen LogP contribution >= 0.6 is 0 Å². The van der Waals surface area contributed by atoms with E-state index in [0.717, 1.165) is 24.3 Å². The Balaban J connectivity index is 1.62. The van der Waals surface area contributed by atoms with Crippen molar-refractivity contribution in [3.05, 3.63) is 72.8 Å². The van der Waals surface area contributed by atoms with E-state index in [1.165, 1.54) is 4.90 Å². The summed E-state index contributed by atoms with van der Waals surface area (Å²) in [5, 5.41) is 10.8. The van der Waals surface area contributed by atoms with Gasteiger partial charge in [-0.2, -0.15) is 0 Å². The third kappa shape index (κ3) is 5.33. The molecule has 0 radical (unpaired) electrons. The van der Waals surface area contributed by atoms with Crippen LogP contribution in [-0.4, -0.2) is 83.9 Å². The summed E-state index contributed by atoms with van der Waals surface area (Å²) >= 11 is 0. The molecule has 1 N–H and O–H groups in total. The van der Waals surface area contributed by atoms with E-state index < -0.39 is 41.1 Å². The maximum Gasteiger partial charge on any atom is 0.312 e. The van der Waals surface area contributed by atoms with Crippen LogP contribution in [0.1, 0.15) is 46.6 Å². The van der Waals surface area contributed by atoms with Gasteiger partial charge in [0.1, 0.15) is 17.6 Å². The molecule has 3 aliphatic heterocycles.